The highest BCUT2D eigenvalue weighted by atomic mass is 19.1. The first-order chi connectivity index (χ1) is 8.97. The van der Waals surface area contributed by atoms with E-state index in [1.54, 1.807) is 6.08 Å². The molecule has 2 N–H and O–H groups in total. The Hall–Kier alpha value is -2.44. The first kappa shape index (κ1) is 13.0. The van der Waals surface area contributed by atoms with E-state index in [-0.39, 0.29) is 17.4 Å². The van der Waals surface area contributed by atoms with Crippen LogP contribution in [0.2, 0.25) is 0 Å². The van der Waals surface area contributed by atoms with E-state index in [1.807, 2.05) is 0 Å². The van der Waals surface area contributed by atoms with Gasteiger partial charge in [0, 0.05) is 6.04 Å². The molecule has 0 heterocycles. The van der Waals surface area contributed by atoms with Gasteiger partial charge in [-0.25, -0.2) is 4.39 Å². The van der Waals surface area contributed by atoms with Gasteiger partial charge in [-0.2, -0.15) is 0 Å². The van der Waals surface area contributed by atoms with Gasteiger partial charge in [0.05, 0.1) is 16.9 Å². The first-order valence-corrected chi connectivity index (χ1v) is 5.59. The van der Waals surface area contributed by atoms with Gasteiger partial charge < -0.3 is 10.4 Å². The molecule has 0 amide bonds. The van der Waals surface area contributed by atoms with E-state index in [0.717, 1.165) is 12.1 Å². The van der Waals surface area contributed by atoms with Crippen LogP contribution in [-0.2, 0) is 4.79 Å². The molecule has 1 aliphatic rings. The molecular formula is C12H11FN2O4. The highest BCUT2D eigenvalue weighted by Crippen LogP contribution is 2.28. The van der Waals surface area contributed by atoms with E-state index in [9.17, 15) is 19.3 Å². The van der Waals surface area contributed by atoms with E-state index in [1.165, 1.54) is 12.1 Å². The lowest BCUT2D eigenvalue weighted by molar-refractivity contribution is -0.384. The van der Waals surface area contributed by atoms with Crippen molar-refractivity contribution in [1.29, 1.82) is 0 Å². The number of nitro benzene ring substituents is 1. The first-order valence-electron chi connectivity index (χ1n) is 5.59. The number of nitro groups is 1. The van der Waals surface area contributed by atoms with E-state index < -0.39 is 22.6 Å². The fraction of sp³-hybridized carbons (Fsp3) is 0.250. The van der Waals surface area contributed by atoms with Crippen LogP contribution in [0.4, 0.5) is 15.8 Å². The second kappa shape index (κ2) is 5.05. The van der Waals surface area contributed by atoms with Gasteiger partial charge in [-0.3, -0.25) is 14.9 Å². The molecule has 0 fully saturated rings. The molecule has 0 aromatic heterocycles. The van der Waals surface area contributed by atoms with E-state index >= 15 is 0 Å². The Bertz CT molecular complexity index is 559. The fourth-order valence-electron chi connectivity index (χ4n) is 1.97. The van der Waals surface area contributed by atoms with Crippen molar-refractivity contribution in [3.05, 3.63) is 46.3 Å². The van der Waals surface area contributed by atoms with Crippen LogP contribution in [-0.4, -0.2) is 22.0 Å². The number of anilines is 1. The second-order valence-electron chi connectivity index (χ2n) is 4.23. The maximum atomic E-state index is 13.0. The van der Waals surface area contributed by atoms with Gasteiger partial charge in [0.2, 0.25) is 0 Å². The van der Waals surface area contributed by atoms with E-state index in [0.29, 0.717) is 6.42 Å². The number of nitrogens with one attached hydrogen (secondary N) is 1. The number of rotatable bonds is 4. The molecule has 1 aliphatic carbocycles. The zero-order valence-electron chi connectivity index (χ0n) is 9.75. The molecule has 6 nitrogen and oxygen atoms in total. The molecule has 1 aromatic rings. The summed E-state index contributed by atoms with van der Waals surface area (Å²) in [5.74, 6) is -2.23. The molecule has 19 heavy (non-hydrogen) atoms. The Labute approximate surface area is 107 Å². The average molecular weight is 266 g/mol. The average Bonchev–Trinajstić information content (AvgIpc) is 2.80. The number of benzene rings is 1. The summed E-state index contributed by atoms with van der Waals surface area (Å²) in [6, 6.07) is 2.90. The predicted octanol–water partition coefficient (Wildman–Crippen LogP) is 2.18. The Morgan fingerprint density at radius 2 is 2.21 bits per heavy atom. The van der Waals surface area contributed by atoms with Crippen LogP contribution in [0.1, 0.15) is 6.42 Å². The molecule has 0 saturated heterocycles. The van der Waals surface area contributed by atoms with Crippen LogP contribution in [0.25, 0.3) is 0 Å². The minimum atomic E-state index is -0.936. The van der Waals surface area contributed by atoms with Crippen LogP contribution in [0, 0.1) is 21.8 Å². The smallest absolute Gasteiger partial charge is 0.310 e. The lowest BCUT2D eigenvalue weighted by atomic mass is 10.1. The Morgan fingerprint density at radius 3 is 2.79 bits per heavy atom. The summed E-state index contributed by atoms with van der Waals surface area (Å²) < 4.78 is 13.0. The van der Waals surface area contributed by atoms with E-state index in [2.05, 4.69) is 5.32 Å². The summed E-state index contributed by atoms with van der Waals surface area (Å²) in [4.78, 5) is 20.9. The normalized spacial score (nSPS) is 21.3. The third-order valence-corrected chi connectivity index (χ3v) is 2.90. The lowest BCUT2D eigenvalue weighted by Crippen LogP contribution is -2.19. The topological polar surface area (TPSA) is 92.5 Å². The minimum absolute atomic E-state index is 0.173. The van der Waals surface area contributed by atoms with Crippen molar-refractivity contribution in [3.8, 4) is 0 Å². The fourth-order valence-corrected chi connectivity index (χ4v) is 1.97. The van der Waals surface area contributed by atoms with Crippen molar-refractivity contribution < 1.29 is 19.2 Å². The molecule has 2 unspecified atom stereocenters. The van der Waals surface area contributed by atoms with Crippen LogP contribution >= 0.6 is 0 Å². The van der Waals surface area contributed by atoms with Crippen molar-refractivity contribution in [2.45, 2.75) is 12.5 Å². The number of nitrogens with zero attached hydrogens (tertiary/aromatic N) is 1. The number of carboxylic acid groups (broad SMARTS) is 1. The summed E-state index contributed by atoms with van der Waals surface area (Å²) in [6.45, 7) is 0. The molecule has 1 aromatic carbocycles. The van der Waals surface area contributed by atoms with Crippen molar-refractivity contribution in [3.63, 3.8) is 0 Å². The third-order valence-electron chi connectivity index (χ3n) is 2.90. The highest BCUT2D eigenvalue weighted by molar-refractivity contribution is 5.73. The quantitative estimate of drug-likeness (QED) is 0.495. The zero-order valence-corrected chi connectivity index (χ0v) is 9.75. The number of carbonyl (C=O) groups is 1. The monoisotopic (exact) mass is 266 g/mol. The van der Waals surface area contributed by atoms with Crippen molar-refractivity contribution >= 4 is 17.3 Å². The zero-order chi connectivity index (χ0) is 14.0. The molecule has 100 valence electrons. The molecule has 0 saturated carbocycles. The number of carboxylic acids is 1. The molecular weight excluding hydrogens is 255 g/mol. The van der Waals surface area contributed by atoms with Gasteiger partial charge in [0.15, 0.2) is 0 Å². The van der Waals surface area contributed by atoms with Gasteiger partial charge in [0.25, 0.3) is 5.69 Å². The summed E-state index contributed by atoms with van der Waals surface area (Å²) in [6.07, 6.45) is 3.49. The van der Waals surface area contributed by atoms with E-state index in [4.69, 9.17) is 5.11 Å². The predicted molar refractivity (Wildman–Crippen MR) is 65.3 cm³/mol. The van der Waals surface area contributed by atoms with Gasteiger partial charge >= 0.3 is 5.97 Å². The Morgan fingerprint density at radius 1 is 1.47 bits per heavy atom. The largest absolute Gasteiger partial charge is 0.481 e. The second-order valence-corrected chi connectivity index (χ2v) is 4.23. The molecule has 2 atom stereocenters. The van der Waals surface area contributed by atoms with Crippen LogP contribution in [0.5, 0.6) is 0 Å². The Kier molecular flexibility index (Phi) is 3.46. The van der Waals surface area contributed by atoms with Gasteiger partial charge in [0.1, 0.15) is 11.5 Å². The van der Waals surface area contributed by atoms with Crippen molar-refractivity contribution in [2.75, 3.05) is 5.32 Å². The van der Waals surface area contributed by atoms with Gasteiger partial charge in [-0.1, -0.05) is 12.2 Å². The lowest BCUT2D eigenvalue weighted by Gasteiger charge is -2.13. The summed E-state index contributed by atoms with van der Waals surface area (Å²) in [5.41, 5.74) is -0.195. The van der Waals surface area contributed by atoms with Gasteiger partial charge in [-0.15, -0.1) is 0 Å². The standard InChI is InChI=1S/C12H11FN2O4/c13-8-2-4-10(11(6-8)15(18)19)14-9-3-1-7(5-9)12(16)17/h1-4,6-7,9,14H,5H2,(H,16,17). The molecule has 0 radical (unpaired) electrons. The molecule has 7 heteroatoms. The SMILES string of the molecule is O=C(O)C1C=CC(Nc2ccc(F)cc2[N+](=O)[O-])C1. The molecule has 0 bridgehead atoms. The summed E-state index contributed by atoms with van der Waals surface area (Å²) >= 11 is 0. The van der Waals surface area contributed by atoms with Crippen LogP contribution < -0.4 is 5.32 Å². The maximum absolute atomic E-state index is 13.0. The van der Waals surface area contributed by atoms with Crippen molar-refractivity contribution in [1.82, 2.24) is 0 Å². The molecule has 0 aliphatic heterocycles. The number of hydrogen-bond acceptors (Lipinski definition) is 4. The Balaban J connectivity index is 2.15. The number of halogens is 1. The molecule has 0 spiro atoms. The number of aliphatic carboxylic acids is 1. The highest BCUT2D eigenvalue weighted by Gasteiger charge is 2.26. The number of hydrogen-bond donors (Lipinski definition) is 2. The third kappa shape index (κ3) is 2.87. The summed E-state index contributed by atoms with van der Waals surface area (Å²) in [7, 11) is 0. The summed E-state index contributed by atoms with van der Waals surface area (Å²) in [5, 5.41) is 22.5. The van der Waals surface area contributed by atoms with Gasteiger partial charge in [-0.05, 0) is 18.6 Å². The molecule has 2 rings (SSSR count). The maximum Gasteiger partial charge on any atom is 0.310 e. The van der Waals surface area contributed by atoms with Crippen LogP contribution in [0.3, 0.4) is 0 Å². The minimum Gasteiger partial charge on any atom is -0.481 e. The van der Waals surface area contributed by atoms with Crippen molar-refractivity contribution in [2.24, 2.45) is 5.92 Å². The van der Waals surface area contributed by atoms with Crippen LogP contribution in [0.15, 0.2) is 30.4 Å².